The third kappa shape index (κ3) is 2.75. The van der Waals surface area contributed by atoms with Gasteiger partial charge in [-0.15, -0.1) is 0 Å². The summed E-state index contributed by atoms with van der Waals surface area (Å²) in [6.45, 7) is 2.56. The van der Waals surface area contributed by atoms with Gasteiger partial charge in [0.25, 0.3) is 0 Å². The van der Waals surface area contributed by atoms with E-state index in [1.165, 1.54) is 6.33 Å². The number of aliphatic hydroxyl groups excluding tert-OH is 1. The van der Waals surface area contributed by atoms with Gasteiger partial charge in [-0.25, -0.2) is 9.97 Å². The maximum Gasteiger partial charge on any atom is 0.115 e. The molecule has 2 atom stereocenters. The lowest BCUT2D eigenvalue weighted by Gasteiger charge is -2.19. The molecule has 2 unspecified atom stereocenters. The maximum atomic E-state index is 9.94. The summed E-state index contributed by atoms with van der Waals surface area (Å²) in [4.78, 5) is 7.82. The predicted octanol–water partition coefficient (Wildman–Crippen LogP) is 0.885. The van der Waals surface area contributed by atoms with Crippen LogP contribution >= 0.6 is 0 Å². The van der Waals surface area contributed by atoms with Gasteiger partial charge in [-0.2, -0.15) is 0 Å². The minimum atomic E-state index is -0.567. The van der Waals surface area contributed by atoms with Crippen LogP contribution in [-0.2, 0) is 0 Å². The van der Waals surface area contributed by atoms with E-state index >= 15 is 0 Å². The summed E-state index contributed by atoms with van der Waals surface area (Å²) < 4.78 is 0. The molecular formula is C10H17N3O. The van der Waals surface area contributed by atoms with E-state index in [-0.39, 0.29) is 5.92 Å². The molecular weight excluding hydrogens is 178 g/mol. The number of aromatic nitrogens is 2. The van der Waals surface area contributed by atoms with E-state index in [9.17, 15) is 5.11 Å². The lowest BCUT2D eigenvalue weighted by Crippen LogP contribution is -2.22. The highest BCUT2D eigenvalue weighted by molar-refractivity contribution is 5.03. The highest BCUT2D eigenvalue weighted by atomic mass is 16.3. The summed E-state index contributed by atoms with van der Waals surface area (Å²) >= 11 is 0. The molecule has 0 radical (unpaired) electrons. The van der Waals surface area contributed by atoms with Gasteiger partial charge in [-0.1, -0.05) is 13.3 Å². The number of rotatable bonds is 5. The average molecular weight is 195 g/mol. The fourth-order valence-electron chi connectivity index (χ4n) is 1.49. The second kappa shape index (κ2) is 5.67. The van der Waals surface area contributed by atoms with Crippen LogP contribution in [0.25, 0.3) is 0 Å². The molecule has 0 aliphatic heterocycles. The lowest BCUT2D eigenvalue weighted by atomic mass is 9.95. The highest BCUT2D eigenvalue weighted by Gasteiger charge is 2.19. The Balaban J connectivity index is 2.67. The van der Waals surface area contributed by atoms with Crippen molar-refractivity contribution in [3.05, 3.63) is 24.3 Å². The standard InChI is InChI=1S/C10H17N3O/c1-2-3-8(6-11)10(14)9-4-5-12-7-13-9/h4-5,7-8,10,14H,2-3,6,11H2,1H3. The molecule has 4 nitrogen and oxygen atoms in total. The van der Waals surface area contributed by atoms with Crippen LogP contribution in [0.5, 0.6) is 0 Å². The summed E-state index contributed by atoms with van der Waals surface area (Å²) in [5.74, 6) is 0.0925. The van der Waals surface area contributed by atoms with E-state index < -0.39 is 6.10 Å². The van der Waals surface area contributed by atoms with Crippen LogP contribution in [0.3, 0.4) is 0 Å². The Bertz CT molecular complexity index is 253. The first-order valence-corrected chi connectivity index (χ1v) is 4.93. The van der Waals surface area contributed by atoms with Gasteiger partial charge in [0.1, 0.15) is 12.4 Å². The monoisotopic (exact) mass is 195 g/mol. The molecule has 1 aromatic rings. The lowest BCUT2D eigenvalue weighted by molar-refractivity contribution is 0.102. The first-order chi connectivity index (χ1) is 6.79. The molecule has 0 aromatic carbocycles. The number of nitrogens with two attached hydrogens (primary N) is 1. The van der Waals surface area contributed by atoms with E-state index in [2.05, 4.69) is 16.9 Å². The van der Waals surface area contributed by atoms with Crippen molar-refractivity contribution in [2.24, 2.45) is 11.7 Å². The van der Waals surface area contributed by atoms with E-state index in [1.54, 1.807) is 12.3 Å². The number of hydrogen-bond donors (Lipinski definition) is 2. The van der Waals surface area contributed by atoms with Crippen LogP contribution in [0, 0.1) is 5.92 Å². The molecule has 0 aliphatic carbocycles. The Labute approximate surface area is 84.2 Å². The van der Waals surface area contributed by atoms with Gasteiger partial charge in [-0.05, 0) is 19.0 Å². The van der Waals surface area contributed by atoms with Crippen LogP contribution in [0.1, 0.15) is 31.6 Å². The average Bonchev–Trinajstić information content (AvgIpc) is 2.26. The molecule has 0 spiro atoms. The molecule has 0 fully saturated rings. The molecule has 0 saturated carbocycles. The Kier molecular flexibility index (Phi) is 4.49. The molecule has 0 aliphatic rings. The second-order valence-corrected chi connectivity index (χ2v) is 3.36. The zero-order valence-corrected chi connectivity index (χ0v) is 8.43. The zero-order valence-electron chi connectivity index (χ0n) is 8.43. The normalized spacial score (nSPS) is 15.1. The fraction of sp³-hybridized carbons (Fsp3) is 0.600. The third-order valence-corrected chi connectivity index (χ3v) is 2.32. The Morgan fingerprint density at radius 1 is 1.57 bits per heavy atom. The summed E-state index contributed by atoms with van der Waals surface area (Å²) in [6, 6.07) is 1.73. The van der Waals surface area contributed by atoms with E-state index in [0.717, 1.165) is 12.8 Å². The van der Waals surface area contributed by atoms with E-state index in [1.807, 2.05) is 0 Å². The first kappa shape index (κ1) is 11.1. The minimum absolute atomic E-state index is 0.0925. The molecule has 4 heteroatoms. The number of aliphatic hydroxyl groups is 1. The van der Waals surface area contributed by atoms with Crippen molar-refractivity contribution in [2.45, 2.75) is 25.9 Å². The SMILES string of the molecule is CCCC(CN)C(O)c1ccncn1. The van der Waals surface area contributed by atoms with Crippen LogP contribution in [0.15, 0.2) is 18.6 Å². The molecule has 0 bridgehead atoms. The van der Waals surface area contributed by atoms with Crippen molar-refractivity contribution < 1.29 is 5.11 Å². The summed E-state index contributed by atoms with van der Waals surface area (Å²) in [5, 5.41) is 9.94. The summed E-state index contributed by atoms with van der Waals surface area (Å²) in [7, 11) is 0. The minimum Gasteiger partial charge on any atom is -0.386 e. The Hall–Kier alpha value is -1.00. The highest BCUT2D eigenvalue weighted by Crippen LogP contribution is 2.22. The predicted molar refractivity (Wildman–Crippen MR) is 54.4 cm³/mol. The second-order valence-electron chi connectivity index (χ2n) is 3.36. The van der Waals surface area contributed by atoms with Crippen molar-refractivity contribution in [3.8, 4) is 0 Å². The van der Waals surface area contributed by atoms with Gasteiger partial charge < -0.3 is 10.8 Å². The van der Waals surface area contributed by atoms with Crippen molar-refractivity contribution in [1.29, 1.82) is 0 Å². The fourth-order valence-corrected chi connectivity index (χ4v) is 1.49. The molecule has 1 heterocycles. The molecule has 1 rings (SSSR count). The van der Waals surface area contributed by atoms with Gasteiger partial charge >= 0.3 is 0 Å². The van der Waals surface area contributed by atoms with Crippen LogP contribution in [0.4, 0.5) is 0 Å². The smallest absolute Gasteiger partial charge is 0.115 e. The van der Waals surface area contributed by atoms with Crippen LogP contribution < -0.4 is 5.73 Å². The van der Waals surface area contributed by atoms with Crippen molar-refractivity contribution in [3.63, 3.8) is 0 Å². The molecule has 3 N–H and O–H groups in total. The van der Waals surface area contributed by atoms with Gasteiger partial charge in [0.05, 0.1) is 5.69 Å². The van der Waals surface area contributed by atoms with E-state index in [4.69, 9.17) is 5.73 Å². The van der Waals surface area contributed by atoms with Crippen molar-refractivity contribution >= 4 is 0 Å². The molecule has 1 aromatic heterocycles. The molecule has 0 amide bonds. The maximum absolute atomic E-state index is 9.94. The molecule has 78 valence electrons. The number of nitrogens with zero attached hydrogens (tertiary/aromatic N) is 2. The van der Waals surface area contributed by atoms with Gasteiger partial charge in [0.15, 0.2) is 0 Å². The van der Waals surface area contributed by atoms with Gasteiger partial charge in [-0.3, -0.25) is 0 Å². The topological polar surface area (TPSA) is 72.0 Å². The van der Waals surface area contributed by atoms with Gasteiger partial charge in [0.2, 0.25) is 0 Å². The number of hydrogen-bond acceptors (Lipinski definition) is 4. The van der Waals surface area contributed by atoms with Crippen LogP contribution in [0.2, 0.25) is 0 Å². The summed E-state index contributed by atoms with van der Waals surface area (Å²) in [5.41, 5.74) is 6.25. The van der Waals surface area contributed by atoms with Crippen molar-refractivity contribution in [1.82, 2.24) is 9.97 Å². The zero-order chi connectivity index (χ0) is 10.4. The largest absolute Gasteiger partial charge is 0.386 e. The first-order valence-electron chi connectivity index (χ1n) is 4.93. The van der Waals surface area contributed by atoms with Gasteiger partial charge in [0, 0.05) is 12.1 Å². The molecule has 0 saturated heterocycles. The summed E-state index contributed by atoms with van der Waals surface area (Å²) in [6.07, 6.45) is 4.44. The third-order valence-electron chi connectivity index (χ3n) is 2.32. The van der Waals surface area contributed by atoms with Crippen LogP contribution in [-0.4, -0.2) is 21.6 Å². The van der Waals surface area contributed by atoms with Crippen molar-refractivity contribution in [2.75, 3.05) is 6.54 Å². The Morgan fingerprint density at radius 3 is 2.86 bits per heavy atom. The molecule has 14 heavy (non-hydrogen) atoms. The quantitative estimate of drug-likeness (QED) is 0.731. The Morgan fingerprint density at radius 2 is 2.36 bits per heavy atom. The van der Waals surface area contributed by atoms with E-state index in [0.29, 0.717) is 12.2 Å².